The summed E-state index contributed by atoms with van der Waals surface area (Å²) in [5, 5.41) is 1.45. The van der Waals surface area contributed by atoms with Gasteiger partial charge in [0.25, 0.3) is 0 Å². The number of methoxy groups -OCH3 is 1. The molecule has 100 valence electrons. The predicted octanol–water partition coefficient (Wildman–Crippen LogP) is 4.11. The third-order valence-corrected chi connectivity index (χ3v) is 2.90. The van der Waals surface area contributed by atoms with Gasteiger partial charge in [0.05, 0.1) is 18.2 Å². The summed E-state index contributed by atoms with van der Waals surface area (Å²) in [4.78, 5) is 8.83. The number of halogens is 1. The van der Waals surface area contributed by atoms with Gasteiger partial charge in [-0.05, 0) is 45.0 Å². The summed E-state index contributed by atoms with van der Waals surface area (Å²) in [5.74, 6) is 0.801. The third kappa shape index (κ3) is 3.44. The molecule has 1 heterocycles. The van der Waals surface area contributed by atoms with Crippen LogP contribution in [0.3, 0.4) is 0 Å². The lowest BCUT2D eigenvalue weighted by atomic mass is 10.1. The van der Waals surface area contributed by atoms with Gasteiger partial charge in [-0.1, -0.05) is 11.6 Å². The molecule has 19 heavy (non-hydrogen) atoms. The van der Waals surface area contributed by atoms with Gasteiger partial charge in [-0.3, -0.25) is 4.99 Å². The molecule has 0 aliphatic heterocycles. The molecule has 0 radical (unpaired) electrons. The van der Waals surface area contributed by atoms with E-state index >= 15 is 0 Å². The fourth-order valence-electron chi connectivity index (χ4n) is 1.63. The summed E-state index contributed by atoms with van der Waals surface area (Å²) in [6.45, 7) is 6.11. The number of fused-ring (bicyclic) bond motifs is 1. The topological polar surface area (TPSA) is 34.5 Å². The molecule has 4 heteroatoms. The Kier molecular flexibility index (Phi) is 3.76. The summed E-state index contributed by atoms with van der Waals surface area (Å²) in [6, 6.07) is 7.68. The van der Waals surface area contributed by atoms with Crippen LogP contribution in [-0.2, 0) is 0 Å². The van der Waals surface area contributed by atoms with Gasteiger partial charge in [0, 0.05) is 17.2 Å². The van der Waals surface area contributed by atoms with Crippen molar-refractivity contribution in [3.05, 3.63) is 35.0 Å². The van der Waals surface area contributed by atoms with Gasteiger partial charge in [0.15, 0.2) is 0 Å². The Morgan fingerprint density at radius 3 is 2.63 bits per heavy atom. The number of aromatic nitrogens is 1. The Balaban J connectivity index is 2.50. The average Bonchev–Trinajstić information content (AvgIpc) is 2.34. The summed E-state index contributed by atoms with van der Waals surface area (Å²) in [6.07, 6.45) is 1.77. The summed E-state index contributed by atoms with van der Waals surface area (Å²) < 4.78 is 5.21. The summed E-state index contributed by atoms with van der Waals surface area (Å²) >= 11 is 6.17. The molecule has 0 saturated carbocycles. The second-order valence-corrected chi connectivity index (χ2v) is 5.71. The first kappa shape index (κ1) is 13.8. The molecular formula is C15H17ClN2O. The Morgan fingerprint density at radius 2 is 2.00 bits per heavy atom. The minimum absolute atomic E-state index is 0.132. The largest absolute Gasteiger partial charge is 0.497 e. The standard InChI is InChI=1S/C15H17ClN2O/c1-15(2,3)17-9-11-7-10-8-12(19-4)5-6-13(10)18-14(11)16/h5-9H,1-4H3. The number of aliphatic imine (C=N–C) groups is 1. The lowest BCUT2D eigenvalue weighted by Crippen LogP contribution is -2.09. The van der Waals surface area contributed by atoms with Crippen LogP contribution in [0.5, 0.6) is 5.75 Å². The van der Waals surface area contributed by atoms with Crippen molar-refractivity contribution in [2.75, 3.05) is 7.11 Å². The molecule has 0 unspecified atom stereocenters. The smallest absolute Gasteiger partial charge is 0.138 e. The first-order valence-corrected chi connectivity index (χ1v) is 6.46. The lowest BCUT2D eigenvalue weighted by molar-refractivity contribution is 0.415. The van der Waals surface area contributed by atoms with E-state index in [-0.39, 0.29) is 5.54 Å². The zero-order valence-electron chi connectivity index (χ0n) is 11.6. The minimum Gasteiger partial charge on any atom is -0.497 e. The van der Waals surface area contributed by atoms with E-state index in [1.165, 1.54) is 0 Å². The zero-order valence-corrected chi connectivity index (χ0v) is 12.3. The number of hydrogen-bond donors (Lipinski definition) is 0. The van der Waals surface area contributed by atoms with Crippen molar-refractivity contribution in [1.29, 1.82) is 0 Å². The van der Waals surface area contributed by atoms with Crippen LogP contribution in [0.4, 0.5) is 0 Å². The minimum atomic E-state index is -0.132. The van der Waals surface area contributed by atoms with Crippen LogP contribution in [0.1, 0.15) is 26.3 Å². The third-order valence-electron chi connectivity index (χ3n) is 2.59. The number of ether oxygens (including phenoxy) is 1. The normalized spacial score (nSPS) is 12.3. The molecule has 0 spiro atoms. The Bertz CT molecular complexity index is 630. The van der Waals surface area contributed by atoms with Crippen molar-refractivity contribution in [1.82, 2.24) is 4.98 Å². The predicted molar refractivity (Wildman–Crippen MR) is 80.7 cm³/mol. The van der Waals surface area contributed by atoms with Crippen molar-refractivity contribution in [2.45, 2.75) is 26.3 Å². The Hall–Kier alpha value is -1.61. The molecule has 1 aromatic carbocycles. The molecule has 3 nitrogen and oxygen atoms in total. The van der Waals surface area contributed by atoms with Gasteiger partial charge >= 0.3 is 0 Å². The maximum Gasteiger partial charge on any atom is 0.138 e. The summed E-state index contributed by atoms with van der Waals surface area (Å²) in [7, 11) is 1.65. The van der Waals surface area contributed by atoms with Crippen LogP contribution in [0.2, 0.25) is 5.15 Å². The fourth-order valence-corrected chi connectivity index (χ4v) is 1.82. The first-order valence-electron chi connectivity index (χ1n) is 6.08. The van der Waals surface area contributed by atoms with E-state index in [9.17, 15) is 0 Å². The number of rotatable bonds is 2. The van der Waals surface area contributed by atoms with Crippen LogP contribution >= 0.6 is 11.6 Å². The molecule has 2 rings (SSSR count). The second-order valence-electron chi connectivity index (χ2n) is 5.36. The molecule has 0 bridgehead atoms. The first-order chi connectivity index (χ1) is 8.89. The van der Waals surface area contributed by atoms with E-state index < -0.39 is 0 Å². The van der Waals surface area contributed by atoms with Crippen LogP contribution in [0.25, 0.3) is 10.9 Å². The molecule has 0 fully saturated rings. The second kappa shape index (κ2) is 5.17. The molecule has 1 aromatic heterocycles. The molecule has 2 aromatic rings. The molecule has 0 N–H and O–H groups in total. The van der Waals surface area contributed by atoms with Crippen molar-refractivity contribution < 1.29 is 4.74 Å². The molecule has 0 saturated heterocycles. The van der Waals surface area contributed by atoms with Crippen LogP contribution in [0.15, 0.2) is 29.3 Å². The number of nitrogens with zero attached hydrogens (tertiary/aromatic N) is 2. The Morgan fingerprint density at radius 1 is 1.26 bits per heavy atom. The van der Waals surface area contributed by atoms with Gasteiger partial charge in [-0.25, -0.2) is 4.98 Å². The number of hydrogen-bond acceptors (Lipinski definition) is 3. The van der Waals surface area contributed by atoms with Crippen molar-refractivity contribution in [3.63, 3.8) is 0 Å². The summed E-state index contributed by atoms with van der Waals surface area (Å²) in [5.41, 5.74) is 1.53. The highest BCUT2D eigenvalue weighted by Crippen LogP contribution is 2.23. The lowest BCUT2D eigenvalue weighted by Gasteiger charge is -2.11. The van der Waals surface area contributed by atoms with Crippen LogP contribution in [0, 0.1) is 0 Å². The molecule has 0 aliphatic rings. The van der Waals surface area contributed by atoms with E-state index in [0.29, 0.717) is 5.15 Å². The molecule has 0 amide bonds. The molecule has 0 aliphatic carbocycles. The van der Waals surface area contributed by atoms with Gasteiger partial charge in [0.1, 0.15) is 10.9 Å². The van der Waals surface area contributed by atoms with E-state index in [1.807, 2.05) is 45.0 Å². The highest BCUT2D eigenvalue weighted by Gasteiger charge is 2.08. The maximum atomic E-state index is 6.17. The van der Waals surface area contributed by atoms with E-state index in [4.69, 9.17) is 16.3 Å². The van der Waals surface area contributed by atoms with Gasteiger partial charge in [-0.15, -0.1) is 0 Å². The molecule has 0 atom stereocenters. The monoisotopic (exact) mass is 276 g/mol. The SMILES string of the molecule is COc1ccc2nc(Cl)c(C=NC(C)(C)C)cc2c1. The zero-order chi connectivity index (χ0) is 14.0. The highest BCUT2D eigenvalue weighted by atomic mass is 35.5. The van der Waals surface area contributed by atoms with E-state index in [0.717, 1.165) is 22.2 Å². The van der Waals surface area contributed by atoms with Gasteiger partial charge < -0.3 is 4.74 Å². The van der Waals surface area contributed by atoms with E-state index in [2.05, 4.69) is 9.98 Å². The quantitative estimate of drug-likeness (QED) is 0.611. The maximum absolute atomic E-state index is 6.17. The Labute approximate surface area is 118 Å². The van der Waals surface area contributed by atoms with Crippen molar-refractivity contribution >= 4 is 28.7 Å². The average molecular weight is 277 g/mol. The highest BCUT2D eigenvalue weighted by molar-refractivity contribution is 6.32. The number of benzene rings is 1. The van der Waals surface area contributed by atoms with Crippen molar-refractivity contribution in [2.24, 2.45) is 4.99 Å². The van der Waals surface area contributed by atoms with Gasteiger partial charge in [-0.2, -0.15) is 0 Å². The van der Waals surface area contributed by atoms with E-state index in [1.54, 1.807) is 13.3 Å². The van der Waals surface area contributed by atoms with Crippen LogP contribution in [-0.4, -0.2) is 23.8 Å². The molecular weight excluding hydrogens is 260 g/mol. The van der Waals surface area contributed by atoms with Crippen LogP contribution < -0.4 is 4.74 Å². The van der Waals surface area contributed by atoms with Crippen molar-refractivity contribution in [3.8, 4) is 5.75 Å². The fraction of sp³-hybridized carbons (Fsp3) is 0.333. The van der Waals surface area contributed by atoms with Gasteiger partial charge in [0.2, 0.25) is 0 Å². The number of pyridine rings is 1.